The number of carbonyl (C=O) groups is 1. The molecule has 146 valence electrons. The van der Waals surface area contributed by atoms with E-state index >= 15 is 0 Å². The number of ether oxygens (including phenoxy) is 2. The minimum atomic E-state index is 0.0376. The molecule has 1 aromatic heterocycles. The van der Waals surface area contributed by atoms with Crippen LogP contribution in [0.5, 0.6) is 5.75 Å². The molecule has 1 N–H and O–H groups in total. The molecule has 6 heteroatoms. The molecule has 1 aliphatic heterocycles. The van der Waals surface area contributed by atoms with Crippen LogP contribution in [0.3, 0.4) is 0 Å². The maximum atomic E-state index is 12.3. The second-order valence-electron chi connectivity index (χ2n) is 6.55. The van der Waals surface area contributed by atoms with Gasteiger partial charge in [0.15, 0.2) is 0 Å². The fraction of sp³-hybridized carbons (Fsp3) is 0.476. The first kappa shape index (κ1) is 19.5. The van der Waals surface area contributed by atoms with Crippen LogP contribution >= 0.6 is 0 Å². The number of nitrogens with one attached hydrogen (secondary N) is 1. The smallest absolute Gasteiger partial charge is 0.220 e. The molecular formula is C21H28N2O4. The van der Waals surface area contributed by atoms with Gasteiger partial charge in [-0.3, -0.25) is 9.69 Å². The molecule has 1 fully saturated rings. The Morgan fingerprint density at radius 1 is 1.22 bits per heavy atom. The van der Waals surface area contributed by atoms with Gasteiger partial charge in [-0.05, 0) is 36.8 Å². The molecule has 1 saturated heterocycles. The van der Waals surface area contributed by atoms with E-state index in [2.05, 4.69) is 22.3 Å². The van der Waals surface area contributed by atoms with E-state index in [-0.39, 0.29) is 11.9 Å². The molecule has 0 aliphatic carbocycles. The Morgan fingerprint density at radius 3 is 2.67 bits per heavy atom. The van der Waals surface area contributed by atoms with Gasteiger partial charge in [-0.2, -0.15) is 0 Å². The quantitative estimate of drug-likeness (QED) is 0.733. The Bertz CT molecular complexity index is 679. The van der Waals surface area contributed by atoms with Gasteiger partial charge >= 0.3 is 0 Å². The predicted octanol–water partition coefficient (Wildman–Crippen LogP) is 2.80. The summed E-state index contributed by atoms with van der Waals surface area (Å²) >= 11 is 0. The summed E-state index contributed by atoms with van der Waals surface area (Å²) in [6.45, 7) is 6.37. The summed E-state index contributed by atoms with van der Waals surface area (Å²) in [4.78, 5) is 14.6. The summed E-state index contributed by atoms with van der Waals surface area (Å²) in [6, 6.07) is 12.0. The van der Waals surface area contributed by atoms with Crippen LogP contribution in [0, 0.1) is 0 Å². The Kier molecular flexibility index (Phi) is 7.30. The first-order chi connectivity index (χ1) is 13.3. The number of nitrogens with zero attached hydrogens (tertiary/aromatic N) is 1. The van der Waals surface area contributed by atoms with E-state index in [1.807, 2.05) is 31.2 Å². The lowest BCUT2D eigenvalue weighted by molar-refractivity contribution is -0.121. The molecule has 1 unspecified atom stereocenters. The Morgan fingerprint density at radius 2 is 2.00 bits per heavy atom. The molecule has 0 radical (unpaired) electrons. The van der Waals surface area contributed by atoms with Gasteiger partial charge in [0, 0.05) is 32.5 Å². The van der Waals surface area contributed by atoms with Gasteiger partial charge in [0.2, 0.25) is 5.91 Å². The molecule has 0 spiro atoms. The minimum absolute atomic E-state index is 0.0376. The van der Waals surface area contributed by atoms with E-state index in [1.165, 1.54) is 5.56 Å². The van der Waals surface area contributed by atoms with Crippen molar-refractivity contribution in [3.63, 3.8) is 0 Å². The number of hydrogen-bond acceptors (Lipinski definition) is 5. The molecule has 2 aromatic rings. The number of hydrogen-bond donors (Lipinski definition) is 1. The van der Waals surface area contributed by atoms with Crippen LogP contribution in [-0.2, 0) is 16.0 Å². The second-order valence-corrected chi connectivity index (χ2v) is 6.55. The standard InChI is InChI=1S/C21H28N2O4/c1-2-26-19-7-5-17(6-8-19)20(23-11-14-25-15-12-23)16-22-21(24)10-9-18-4-3-13-27-18/h3-8,13,20H,2,9-12,14-16H2,1H3,(H,22,24). The number of aryl methyl sites for hydroxylation is 1. The normalized spacial score (nSPS) is 16.0. The Labute approximate surface area is 160 Å². The van der Waals surface area contributed by atoms with Crippen molar-refractivity contribution in [3.05, 3.63) is 54.0 Å². The van der Waals surface area contributed by atoms with Crippen LogP contribution in [0.15, 0.2) is 47.1 Å². The summed E-state index contributed by atoms with van der Waals surface area (Å²) in [7, 11) is 0. The van der Waals surface area contributed by atoms with Gasteiger partial charge < -0.3 is 19.2 Å². The molecule has 6 nitrogen and oxygen atoms in total. The molecule has 1 aromatic carbocycles. The fourth-order valence-electron chi connectivity index (χ4n) is 3.29. The minimum Gasteiger partial charge on any atom is -0.494 e. The van der Waals surface area contributed by atoms with Crippen LogP contribution in [0.1, 0.15) is 30.7 Å². The molecule has 2 heterocycles. The zero-order valence-electron chi connectivity index (χ0n) is 15.9. The predicted molar refractivity (Wildman–Crippen MR) is 103 cm³/mol. The lowest BCUT2D eigenvalue weighted by Crippen LogP contribution is -2.43. The summed E-state index contributed by atoms with van der Waals surface area (Å²) in [5, 5.41) is 3.09. The van der Waals surface area contributed by atoms with E-state index in [4.69, 9.17) is 13.9 Å². The number of benzene rings is 1. The van der Waals surface area contributed by atoms with Crippen molar-refractivity contribution in [1.29, 1.82) is 0 Å². The molecule has 0 bridgehead atoms. The molecule has 1 amide bonds. The molecule has 1 atom stereocenters. The van der Waals surface area contributed by atoms with Gasteiger partial charge in [-0.1, -0.05) is 12.1 Å². The van der Waals surface area contributed by atoms with E-state index in [1.54, 1.807) is 6.26 Å². The first-order valence-corrected chi connectivity index (χ1v) is 9.60. The average molecular weight is 372 g/mol. The van der Waals surface area contributed by atoms with Crippen LogP contribution < -0.4 is 10.1 Å². The van der Waals surface area contributed by atoms with Crippen molar-refractivity contribution in [2.45, 2.75) is 25.8 Å². The Balaban J connectivity index is 1.60. The molecule has 3 rings (SSSR count). The summed E-state index contributed by atoms with van der Waals surface area (Å²) in [5.41, 5.74) is 1.17. The van der Waals surface area contributed by atoms with Crippen molar-refractivity contribution >= 4 is 5.91 Å². The highest BCUT2D eigenvalue weighted by atomic mass is 16.5. The zero-order chi connectivity index (χ0) is 18.9. The highest BCUT2D eigenvalue weighted by Crippen LogP contribution is 2.24. The van der Waals surface area contributed by atoms with Crippen LogP contribution in [0.25, 0.3) is 0 Å². The zero-order valence-corrected chi connectivity index (χ0v) is 15.9. The van der Waals surface area contributed by atoms with Crippen LogP contribution in [-0.4, -0.2) is 50.3 Å². The topological polar surface area (TPSA) is 63.9 Å². The van der Waals surface area contributed by atoms with Crippen molar-refractivity contribution in [1.82, 2.24) is 10.2 Å². The number of rotatable bonds is 9. The van der Waals surface area contributed by atoms with E-state index in [0.29, 0.717) is 26.0 Å². The second kappa shape index (κ2) is 10.1. The fourth-order valence-corrected chi connectivity index (χ4v) is 3.29. The van der Waals surface area contributed by atoms with Gasteiger partial charge in [-0.15, -0.1) is 0 Å². The van der Waals surface area contributed by atoms with Crippen molar-refractivity contribution in [2.75, 3.05) is 39.5 Å². The molecule has 27 heavy (non-hydrogen) atoms. The van der Waals surface area contributed by atoms with Crippen molar-refractivity contribution in [3.8, 4) is 5.75 Å². The number of furan rings is 1. The number of morpholine rings is 1. The maximum absolute atomic E-state index is 12.3. The summed E-state index contributed by atoms with van der Waals surface area (Å²) < 4.78 is 16.3. The van der Waals surface area contributed by atoms with E-state index in [9.17, 15) is 4.79 Å². The van der Waals surface area contributed by atoms with E-state index < -0.39 is 0 Å². The number of amides is 1. The molecule has 0 saturated carbocycles. The highest BCUT2D eigenvalue weighted by molar-refractivity contribution is 5.76. The monoisotopic (exact) mass is 372 g/mol. The van der Waals surface area contributed by atoms with Crippen LogP contribution in [0.2, 0.25) is 0 Å². The van der Waals surface area contributed by atoms with Gasteiger partial charge in [0.05, 0.1) is 32.1 Å². The summed E-state index contributed by atoms with van der Waals surface area (Å²) in [6.07, 6.45) is 2.67. The largest absolute Gasteiger partial charge is 0.494 e. The highest BCUT2D eigenvalue weighted by Gasteiger charge is 2.23. The van der Waals surface area contributed by atoms with Crippen molar-refractivity contribution < 1.29 is 18.7 Å². The van der Waals surface area contributed by atoms with Crippen molar-refractivity contribution in [2.24, 2.45) is 0 Å². The van der Waals surface area contributed by atoms with Gasteiger partial charge in [0.25, 0.3) is 0 Å². The van der Waals surface area contributed by atoms with Gasteiger partial charge in [-0.25, -0.2) is 0 Å². The molecular weight excluding hydrogens is 344 g/mol. The lowest BCUT2D eigenvalue weighted by atomic mass is 10.0. The summed E-state index contributed by atoms with van der Waals surface area (Å²) in [5.74, 6) is 1.74. The molecule has 1 aliphatic rings. The number of carbonyl (C=O) groups excluding carboxylic acids is 1. The van der Waals surface area contributed by atoms with Gasteiger partial charge in [0.1, 0.15) is 11.5 Å². The lowest BCUT2D eigenvalue weighted by Gasteiger charge is -2.35. The third-order valence-electron chi connectivity index (χ3n) is 4.73. The van der Waals surface area contributed by atoms with Crippen LogP contribution in [0.4, 0.5) is 0 Å². The SMILES string of the molecule is CCOc1ccc(C(CNC(=O)CCc2ccco2)N2CCOCC2)cc1. The van der Waals surface area contributed by atoms with E-state index in [0.717, 1.165) is 37.8 Å². The Hall–Kier alpha value is -2.31. The third kappa shape index (κ3) is 5.84. The third-order valence-corrected chi connectivity index (χ3v) is 4.73. The maximum Gasteiger partial charge on any atom is 0.220 e. The first-order valence-electron chi connectivity index (χ1n) is 9.60. The average Bonchev–Trinajstić information content (AvgIpc) is 3.22.